The summed E-state index contributed by atoms with van der Waals surface area (Å²) in [5.41, 5.74) is 0.151. The zero-order valence-corrected chi connectivity index (χ0v) is 9.40. The Morgan fingerprint density at radius 1 is 1.62 bits per heavy atom. The predicted octanol–water partition coefficient (Wildman–Crippen LogP) is 1.95. The van der Waals surface area contributed by atoms with E-state index in [1.54, 1.807) is 6.92 Å². The Bertz CT molecular complexity index is 407. The van der Waals surface area contributed by atoms with E-state index in [4.69, 9.17) is 11.6 Å². The third kappa shape index (κ3) is 3.51. The van der Waals surface area contributed by atoms with Gasteiger partial charge >= 0.3 is 0 Å². The molecule has 1 aromatic carbocycles. The van der Waals surface area contributed by atoms with E-state index in [0.29, 0.717) is 6.54 Å². The number of nitro benzene ring substituents is 1. The van der Waals surface area contributed by atoms with Crippen LogP contribution < -0.4 is 5.32 Å². The van der Waals surface area contributed by atoms with Crippen molar-refractivity contribution >= 4 is 23.2 Å². The molecule has 1 N–H and O–H groups in total. The molecule has 1 unspecified atom stereocenters. The SMILES string of the molecule is CC(Cl)CNC(=O)c1cccc([N+](=O)[O-])c1. The van der Waals surface area contributed by atoms with Crippen LogP contribution in [0.3, 0.4) is 0 Å². The van der Waals surface area contributed by atoms with Gasteiger partial charge in [0, 0.05) is 29.6 Å². The van der Waals surface area contributed by atoms with E-state index < -0.39 is 4.92 Å². The van der Waals surface area contributed by atoms with Gasteiger partial charge in [0.15, 0.2) is 0 Å². The molecule has 0 heterocycles. The van der Waals surface area contributed by atoms with Crippen LogP contribution in [0.4, 0.5) is 5.69 Å². The number of benzene rings is 1. The quantitative estimate of drug-likeness (QED) is 0.498. The van der Waals surface area contributed by atoms with Gasteiger partial charge in [-0.15, -0.1) is 11.6 Å². The topological polar surface area (TPSA) is 72.2 Å². The van der Waals surface area contributed by atoms with Crippen molar-refractivity contribution in [3.8, 4) is 0 Å². The largest absolute Gasteiger partial charge is 0.351 e. The Morgan fingerprint density at radius 2 is 2.31 bits per heavy atom. The molecule has 6 heteroatoms. The molecule has 0 aliphatic carbocycles. The van der Waals surface area contributed by atoms with Gasteiger partial charge in [-0.25, -0.2) is 0 Å². The first-order valence-electron chi connectivity index (χ1n) is 4.67. The summed E-state index contributed by atoms with van der Waals surface area (Å²) in [6.07, 6.45) is 0. The van der Waals surface area contributed by atoms with Crippen LogP contribution in [-0.4, -0.2) is 22.8 Å². The van der Waals surface area contributed by atoms with E-state index in [9.17, 15) is 14.9 Å². The molecule has 0 aliphatic heterocycles. The minimum Gasteiger partial charge on any atom is -0.351 e. The highest BCUT2D eigenvalue weighted by atomic mass is 35.5. The Labute approximate surface area is 97.6 Å². The smallest absolute Gasteiger partial charge is 0.270 e. The van der Waals surface area contributed by atoms with E-state index in [1.807, 2.05) is 0 Å². The van der Waals surface area contributed by atoms with Crippen molar-refractivity contribution in [3.05, 3.63) is 39.9 Å². The number of amides is 1. The van der Waals surface area contributed by atoms with Gasteiger partial charge in [0.05, 0.1) is 4.92 Å². The van der Waals surface area contributed by atoms with Gasteiger partial charge in [-0.1, -0.05) is 6.07 Å². The molecule has 0 aromatic heterocycles. The van der Waals surface area contributed by atoms with Crippen LogP contribution in [-0.2, 0) is 0 Å². The molecule has 16 heavy (non-hydrogen) atoms. The third-order valence-corrected chi connectivity index (χ3v) is 2.02. The molecule has 0 saturated heterocycles. The van der Waals surface area contributed by atoms with Crippen LogP contribution in [0, 0.1) is 10.1 Å². The maximum atomic E-state index is 11.5. The maximum absolute atomic E-state index is 11.5. The number of carbonyl (C=O) groups excluding carboxylic acids is 1. The number of non-ortho nitro benzene ring substituents is 1. The normalized spacial score (nSPS) is 11.9. The van der Waals surface area contributed by atoms with Crippen LogP contribution in [0.1, 0.15) is 17.3 Å². The van der Waals surface area contributed by atoms with E-state index in [-0.39, 0.29) is 22.5 Å². The number of nitrogens with zero attached hydrogens (tertiary/aromatic N) is 1. The number of rotatable bonds is 4. The van der Waals surface area contributed by atoms with Gasteiger partial charge < -0.3 is 5.32 Å². The van der Waals surface area contributed by atoms with Crippen LogP contribution in [0.15, 0.2) is 24.3 Å². The van der Waals surface area contributed by atoms with E-state index in [1.165, 1.54) is 24.3 Å². The number of nitro groups is 1. The summed E-state index contributed by atoms with van der Waals surface area (Å²) in [4.78, 5) is 21.5. The zero-order valence-electron chi connectivity index (χ0n) is 8.64. The molecule has 1 amide bonds. The van der Waals surface area contributed by atoms with Crippen LogP contribution >= 0.6 is 11.6 Å². The molecule has 0 aliphatic rings. The fourth-order valence-corrected chi connectivity index (χ4v) is 1.17. The highest BCUT2D eigenvalue weighted by Gasteiger charge is 2.11. The lowest BCUT2D eigenvalue weighted by Gasteiger charge is -2.05. The first-order valence-corrected chi connectivity index (χ1v) is 5.11. The first-order chi connectivity index (χ1) is 7.50. The van der Waals surface area contributed by atoms with E-state index >= 15 is 0 Å². The summed E-state index contributed by atoms with van der Waals surface area (Å²) in [7, 11) is 0. The summed E-state index contributed by atoms with van der Waals surface area (Å²) in [5, 5.41) is 12.9. The molecule has 0 radical (unpaired) electrons. The van der Waals surface area contributed by atoms with Crippen molar-refractivity contribution in [2.45, 2.75) is 12.3 Å². The molecule has 0 bridgehead atoms. The van der Waals surface area contributed by atoms with Gasteiger partial charge in [-0.2, -0.15) is 0 Å². The molecular weight excluding hydrogens is 232 g/mol. The molecule has 86 valence electrons. The van der Waals surface area contributed by atoms with Crippen molar-refractivity contribution in [3.63, 3.8) is 0 Å². The highest BCUT2D eigenvalue weighted by Crippen LogP contribution is 2.12. The van der Waals surface area contributed by atoms with Gasteiger partial charge in [0.1, 0.15) is 0 Å². The zero-order chi connectivity index (χ0) is 12.1. The maximum Gasteiger partial charge on any atom is 0.270 e. The average Bonchev–Trinajstić information content (AvgIpc) is 2.26. The number of nitrogens with one attached hydrogen (secondary N) is 1. The van der Waals surface area contributed by atoms with Gasteiger partial charge in [-0.05, 0) is 13.0 Å². The number of carbonyl (C=O) groups is 1. The molecule has 5 nitrogen and oxygen atoms in total. The first kappa shape index (κ1) is 12.4. The van der Waals surface area contributed by atoms with Crippen molar-refractivity contribution in [2.75, 3.05) is 6.54 Å². The molecule has 1 atom stereocenters. The van der Waals surface area contributed by atoms with Gasteiger partial charge in [-0.3, -0.25) is 14.9 Å². The third-order valence-electron chi connectivity index (χ3n) is 1.86. The Hall–Kier alpha value is -1.62. The number of hydrogen-bond acceptors (Lipinski definition) is 3. The van der Waals surface area contributed by atoms with Gasteiger partial charge in [0.2, 0.25) is 0 Å². The minimum absolute atomic E-state index is 0.105. The van der Waals surface area contributed by atoms with Crippen LogP contribution in [0.2, 0.25) is 0 Å². The number of halogens is 1. The summed E-state index contributed by atoms with van der Waals surface area (Å²) in [6.45, 7) is 2.07. The minimum atomic E-state index is -0.541. The van der Waals surface area contributed by atoms with Crippen LogP contribution in [0.5, 0.6) is 0 Å². The highest BCUT2D eigenvalue weighted by molar-refractivity contribution is 6.20. The second-order valence-corrected chi connectivity index (χ2v) is 4.04. The van der Waals surface area contributed by atoms with Crippen LogP contribution in [0.25, 0.3) is 0 Å². The summed E-state index contributed by atoms with van der Waals surface area (Å²) >= 11 is 5.67. The monoisotopic (exact) mass is 242 g/mol. The molecule has 0 saturated carbocycles. The van der Waals surface area contributed by atoms with Crippen molar-refractivity contribution in [1.29, 1.82) is 0 Å². The average molecular weight is 243 g/mol. The fraction of sp³-hybridized carbons (Fsp3) is 0.300. The lowest BCUT2D eigenvalue weighted by atomic mass is 10.2. The molecular formula is C10H11ClN2O3. The lowest BCUT2D eigenvalue weighted by Crippen LogP contribution is -2.28. The number of alkyl halides is 1. The van der Waals surface area contributed by atoms with E-state index in [2.05, 4.69) is 5.32 Å². The summed E-state index contributed by atoms with van der Waals surface area (Å²) in [5.74, 6) is -0.365. The molecule has 0 spiro atoms. The molecule has 0 fully saturated rings. The Balaban J connectivity index is 2.76. The Kier molecular flexibility index (Phi) is 4.25. The van der Waals surface area contributed by atoms with Crippen molar-refractivity contribution < 1.29 is 9.72 Å². The van der Waals surface area contributed by atoms with E-state index in [0.717, 1.165) is 0 Å². The summed E-state index contributed by atoms with van der Waals surface area (Å²) < 4.78 is 0. The van der Waals surface area contributed by atoms with Gasteiger partial charge in [0.25, 0.3) is 11.6 Å². The molecule has 1 aromatic rings. The Morgan fingerprint density at radius 3 is 2.88 bits per heavy atom. The second-order valence-electron chi connectivity index (χ2n) is 3.30. The lowest BCUT2D eigenvalue weighted by molar-refractivity contribution is -0.384. The van der Waals surface area contributed by atoms with Crippen molar-refractivity contribution in [2.24, 2.45) is 0 Å². The summed E-state index contributed by atoms with van der Waals surface area (Å²) in [6, 6.07) is 5.55. The number of hydrogen-bond donors (Lipinski definition) is 1. The predicted molar refractivity (Wildman–Crippen MR) is 60.7 cm³/mol. The molecule has 1 rings (SSSR count). The standard InChI is InChI=1S/C10H11ClN2O3/c1-7(11)6-12-10(14)8-3-2-4-9(5-8)13(15)16/h2-5,7H,6H2,1H3,(H,12,14). The second kappa shape index (κ2) is 5.46. The fourth-order valence-electron chi connectivity index (χ4n) is 1.10. The van der Waals surface area contributed by atoms with Crippen molar-refractivity contribution in [1.82, 2.24) is 5.32 Å².